The predicted molar refractivity (Wildman–Crippen MR) is 63.4 cm³/mol. The van der Waals surface area contributed by atoms with Crippen LogP contribution >= 0.6 is 0 Å². The van der Waals surface area contributed by atoms with Crippen molar-refractivity contribution in [3.8, 4) is 5.75 Å². The molecule has 86 valence electrons. The van der Waals surface area contributed by atoms with Gasteiger partial charge in [0.05, 0.1) is 0 Å². The zero-order valence-corrected chi connectivity index (χ0v) is 9.59. The quantitative estimate of drug-likeness (QED) is 0.816. The van der Waals surface area contributed by atoms with Gasteiger partial charge in [-0.1, -0.05) is 19.9 Å². The first-order valence-corrected chi connectivity index (χ1v) is 5.70. The number of nitrogens with one attached hydrogen (secondary N) is 1. The number of H-pyrrole nitrogens is 1. The summed E-state index contributed by atoms with van der Waals surface area (Å²) >= 11 is 0. The van der Waals surface area contributed by atoms with E-state index in [1.54, 1.807) is 12.1 Å². The van der Waals surface area contributed by atoms with Crippen LogP contribution in [-0.4, -0.2) is 4.98 Å². The van der Waals surface area contributed by atoms with Crippen LogP contribution in [0.4, 0.5) is 4.53 Å². The molecule has 1 aromatic heterocycles. The molecule has 0 aliphatic heterocycles. The second-order valence-corrected chi connectivity index (χ2v) is 4.01. The van der Waals surface area contributed by atoms with Gasteiger partial charge in [-0.2, -0.15) is 0 Å². The third-order valence-corrected chi connectivity index (χ3v) is 3.21. The summed E-state index contributed by atoms with van der Waals surface area (Å²) < 4.78 is 12.5. The lowest BCUT2D eigenvalue weighted by molar-refractivity contribution is -0.00429. The first kappa shape index (κ1) is 11.0. The Hall–Kier alpha value is -1.51. The van der Waals surface area contributed by atoms with Crippen LogP contribution in [-0.2, 0) is 0 Å². The van der Waals surface area contributed by atoms with Gasteiger partial charge in [-0.3, -0.25) is 4.94 Å². The molecule has 0 unspecified atom stereocenters. The Labute approximate surface area is 94.3 Å². The summed E-state index contributed by atoms with van der Waals surface area (Å²) in [6.45, 7) is 4.29. The van der Waals surface area contributed by atoms with Crippen LogP contribution in [0.15, 0.2) is 24.4 Å². The number of rotatable bonds is 4. The van der Waals surface area contributed by atoms with E-state index in [0.29, 0.717) is 11.7 Å². The number of benzene rings is 1. The highest BCUT2D eigenvalue weighted by Crippen LogP contribution is 2.35. The molecule has 2 nitrogen and oxygen atoms in total. The monoisotopic (exact) mass is 221 g/mol. The Bertz CT molecular complexity index is 474. The molecule has 1 heterocycles. The van der Waals surface area contributed by atoms with Crippen molar-refractivity contribution in [3.05, 3.63) is 30.0 Å². The molecule has 0 saturated carbocycles. The zero-order valence-electron chi connectivity index (χ0n) is 9.59. The maximum Gasteiger partial charge on any atom is 0.181 e. The molecule has 1 aromatic carbocycles. The molecule has 0 bridgehead atoms. The van der Waals surface area contributed by atoms with Gasteiger partial charge in [0.2, 0.25) is 0 Å². The Kier molecular flexibility index (Phi) is 3.13. The van der Waals surface area contributed by atoms with Crippen LogP contribution in [0.1, 0.15) is 38.2 Å². The molecule has 0 aliphatic rings. The molecule has 2 rings (SSSR count). The summed E-state index contributed by atoms with van der Waals surface area (Å²) in [5.74, 6) is 0.755. The van der Waals surface area contributed by atoms with Crippen LogP contribution in [0.5, 0.6) is 5.75 Å². The molecule has 2 aromatic rings. The van der Waals surface area contributed by atoms with Crippen LogP contribution in [0.25, 0.3) is 10.9 Å². The topological polar surface area (TPSA) is 25.0 Å². The van der Waals surface area contributed by atoms with Crippen molar-refractivity contribution in [1.29, 1.82) is 0 Å². The summed E-state index contributed by atoms with van der Waals surface area (Å²) in [7, 11) is 0. The van der Waals surface area contributed by atoms with Gasteiger partial charge < -0.3 is 4.98 Å². The number of halogens is 1. The maximum absolute atomic E-state index is 12.5. The lowest BCUT2D eigenvalue weighted by atomic mass is 9.93. The van der Waals surface area contributed by atoms with E-state index >= 15 is 0 Å². The molecular weight excluding hydrogens is 205 g/mol. The number of aromatic nitrogens is 1. The van der Waals surface area contributed by atoms with Crippen molar-refractivity contribution in [2.75, 3.05) is 0 Å². The number of hydrogen-bond acceptors (Lipinski definition) is 1. The number of hydrogen-bond donors (Lipinski definition) is 1. The molecular formula is C13H16FNO. The summed E-state index contributed by atoms with van der Waals surface area (Å²) in [4.78, 5) is 7.11. The van der Waals surface area contributed by atoms with Gasteiger partial charge >= 0.3 is 0 Å². The molecule has 16 heavy (non-hydrogen) atoms. The third-order valence-electron chi connectivity index (χ3n) is 3.21. The van der Waals surface area contributed by atoms with E-state index < -0.39 is 0 Å². The lowest BCUT2D eigenvalue weighted by Gasteiger charge is -2.11. The summed E-state index contributed by atoms with van der Waals surface area (Å²) in [6, 6.07) is 5.37. The Morgan fingerprint density at radius 1 is 1.31 bits per heavy atom. The molecule has 0 radical (unpaired) electrons. The molecule has 0 fully saturated rings. The second-order valence-electron chi connectivity index (χ2n) is 4.01. The van der Waals surface area contributed by atoms with Crippen molar-refractivity contribution in [2.24, 2.45) is 0 Å². The van der Waals surface area contributed by atoms with Gasteiger partial charge in [0.1, 0.15) is 0 Å². The van der Waals surface area contributed by atoms with Crippen molar-refractivity contribution >= 4 is 10.9 Å². The molecule has 0 atom stereocenters. The average molecular weight is 221 g/mol. The molecule has 0 spiro atoms. The van der Waals surface area contributed by atoms with Crippen LogP contribution < -0.4 is 4.94 Å². The minimum Gasteiger partial charge on any atom is -0.361 e. The van der Waals surface area contributed by atoms with E-state index in [0.717, 1.165) is 29.3 Å². The maximum atomic E-state index is 12.5. The normalized spacial score (nSPS) is 11.2. The van der Waals surface area contributed by atoms with Gasteiger partial charge in [0.15, 0.2) is 5.75 Å². The minimum atomic E-state index is 0.306. The van der Waals surface area contributed by atoms with E-state index in [2.05, 4.69) is 23.8 Å². The van der Waals surface area contributed by atoms with Crippen molar-refractivity contribution in [2.45, 2.75) is 32.6 Å². The molecule has 0 amide bonds. The molecule has 1 N–H and O–H groups in total. The highest BCUT2D eigenvalue weighted by atomic mass is 19.3. The Morgan fingerprint density at radius 2 is 2.06 bits per heavy atom. The zero-order chi connectivity index (χ0) is 11.5. The first-order valence-electron chi connectivity index (χ1n) is 5.70. The fourth-order valence-corrected chi connectivity index (χ4v) is 2.29. The Morgan fingerprint density at radius 3 is 2.69 bits per heavy atom. The van der Waals surface area contributed by atoms with E-state index in [1.165, 1.54) is 0 Å². The summed E-state index contributed by atoms with van der Waals surface area (Å²) in [6.07, 6.45) is 4.05. The summed E-state index contributed by atoms with van der Waals surface area (Å²) in [5.41, 5.74) is 2.07. The summed E-state index contributed by atoms with van der Waals surface area (Å²) in [5, 5.41) is 0.874. The number of fused-ring (bicyclic) bond motifs is 1. The average Bonchev–Trinajstić information content (AvgIpc) is 2.75. The van der Waals surface area contributed by atoms with Crippen molar-refractivity contribution < 1.29 is 9.47 Å². The van der Waals surface area contributed by atoms with Gasteiger partial charge in [-0.05, 0) is 36.5 Å². The van der Waals surface area contributed by atoms with E-state index in [9.17, 15) is 4.53 Å². The molecule has 0 aliphatic carbocycles. The highest BCUT2D eigenvalue weighted by molar-refractivity contribution is 5.89. The van der Waals surface area contributed by atoms with E-state index in [4.69, 9.17) is 0 Å². The Balaban J connectivity index is 2.61. The number of aromatic amines is 1. The van der Waals surface area contributed by atoms with E-state index in [1.807, 2.05) is 12.3 Å². The minimum absolute atomic E-state index is 0.306. The van der Waals surface area contributed by atoms with Gasteiger partial charge in [-0.15, -0.1) is 0 Å². The van der Waals surface area contributed by atoms with Crippen molar-refractivity contribution in [3.63, 3.8) is 0 Å². The van der Waals surface area contributed by atoms with Crippen LogP contribution in [0, 0.1) is 0 Å². The lowest BCUT2D eigenvalue weighted by Crippen LogP contribution is -1.94. The van der Waals surface area contributed by atoms with Gasteiger partial charge in [-0.25, -0.2) is 0 Å². The second kappa shape index (κ2) is 4.56. The SMILES string of the molecule is CCC(CC)c1c[nH]c2cccc(OF)c12. The fourth-order valence-electron chi connectivity index (χ4n) is 2.29. The van der Waals surface area contributed by atoms with Gasteiger partial charge in [0.25, 0.3) is 0 Å². The molecule has 3 heteroatoms. The van der Waals surface area contributed by atoms with Crippen LogP contribution in [0.3, 0.4) is 0 Å². The standard InChI is InChI=1S/C13H16FNO/c1-3-9(4-2)10-8-15-11-6-5-7-12(16-14)13(10)11/h5-9,15H,3-4H2,1-2H3. The van der Waals surface area contributed by atoms with Gasteiger partial charge in [0, 0.05) is 21.6 Å². The predicted octanol–water partition coefficient (Wildman–Crippen LogP) is 4.33. The largest absolute Gasteiger partial charge is 0.361 e. The highest BCUT2D eigenvalue weighted by Gasteiger charge is 2.16. The van der Waals surface area contributed by atoms with E-state index in [-0.39, 0.29) is 0 Å². The van der Waals surface area contributed by atoms with Crippen molar-refractivity contribution in [1.82, 2.24) is 4.98 Å². The fraction of sp³-hybridized carbons (Fsp3) is 0.385. The third kappa shape index (κ3) is 1.66. The molecule has 0 saturated heterocycles. The van der Waals surface area contributed by atoms with Crippen LogP contribution in [0.2, 0.25) is 0 Å². The smallest absolute Gasteiger partial charge is 0.181 e. The first-order chi connectivity index (χ1) is 7.81.